The minimum atomic E-state index is -0.882. The van der Waals surface area contributed by atoms with Crippen molar-refractivity contribution in [2.45, 2.75) is 39.7 Å². The fourth-order valence-electron chi connectivity index (χ4n) is 2.45. The molecule has 1 amide bonds. The summed E-state index contributed by atoms with van der Waals surface area (Å²) in [6.07, 6.45) is -0.964. The predicted octanol–water partition coefficient (Wildman–Crippen LogP) is 3.84. The Bertz CT molecular complexity index is 799. The molecule has 0 fully saturated rings. The summed E-state index contributed by atoms with van der Waals surface area (Å²) in [5.41, 5.74) is 3.21. The Morgan fingerprint density at radius 1 is 1.00 bits per heavy atom. The van der Waals surface area contributed by atoms with E-state index in [9.17, 15) is 14.4 Å². The molecule has 1 N–H and O–H groups in total. The molecule has 0 aliphatic carbocycles. The number of hydrogen-bond acceptors (Lipinski definition) is 4. The third-order valence-corrected chi connectivity index (χ3v) is 3.96. The number of benzene rings is 2. The van der Waals surface area contributed by atoms with Gasteiger partial charge in [0.25, 0.3) is 0 Å². The predicted molar refractivity (Wildman–Crippen MR) is 100 cm³/mol. The second-order valence-electron chi connectivity index (χ2n) is 6.23. The van der Waals surface area contributed by atoms with Gasteiger partial charge in [0.15, 0.2) is 6.10 Å². The maximum Gasteiger partial charge on any atom is 0.307 e. The third-order valence-electron chi connectivity index (χ3n) is 3.96. The summed E-state index contributed by atoms with van der Waals surface area (Å²) < 4.78 is 5.14. The molecular weight excluding hydrogens is 330 g/mol. The number of hydrogen-bond donors (Lipinski definition) is 1. The van der Waals surface area contributed by atoms with Crippen LogP contribution < -0.4 is 5.32 Å². The van der Waals surface area contributed by atoms with Gasteiger partial charge in [0, 0.05) is 17.7 Å². The van der Waals surface area contributed by atoms with Crippen LogP contribution in [0.4, 0.5) is 5.69 Å². The van der Waals surface area contributed by atoms with Gasteiger partial charge in [-0.3, -0.25) is 14.4 Å². The van der Waals surface area contributed by atoms with Gasteiger partial charge in [0.1, 0.15) is 0 Å². The van der Waals surface area contributed by atoms with Crippen molar-refractivity contribution in [2.24, 2.45) is 0 Å². The number of carbonyl (C=O) groups is 3. The van der Waals surface area contributed by atoms with Crippen LogP contribution in [0.3, 0.4) is 0 Å². The molecule has 2 aromatic carbocycles. The van der Waals surface area contributed by atoms with Gasteiger partial charge in [0.05, 0.1) is 6.42 Å². The van der Waals surface area contributed by atoms with Gasteiger partial charge in [-0.05, 0) is 38.0 Å². The topological polar surface area (TPSA) is 72.5 Å². The summed E-state index contributed by atoms with van der Waals surface area (Å²) in [7, 11) is 0. The SMILES string of the molecule is Cc1ccc(C)c(NC(=O)CCC(=O)O[C@H](C)C(=O)c2ccccc2)c1. The average Bonchev–Trinajstić information content (AvgIpc) is 2.63. The highest BCUT2D eigenvalue weighted by atomic mass is 16.5. The monoisotopic (exact) mass is 353 g/mol. The summed E-state index contributed by atoms with van der Waals surface area (Å²) in [6, 6.07) is 14.4. The zero-order valence-corrected chi connectivity index (χ0v) is 15.2. The van der Waals surface area contributed by atoms with Gasteiger partial charge in [-0.2, -0.15) is 0 Å². The fraction of sp³-hybridized carbons (Fsp3) is 0.286. The maximum absolute atomic E-state index is 12.2. The number of Topliss-reactive ketones (excluding diaryl/α,β-unsaturated/α-hetero) is 1. The summed E-state index contributed by atoms with van der Waals surface area (Å²) in [5.74, 6) is -1.10. The van der Waals surface area contributed by atoms with Crippen molar-refractivity contribution in [2.75, 3.05) is 5.32 Å². The number of carbonyl (C=O) groups excluding carboxylic acids is 3. The van der Waals surface area contributed by atoms with E-state index in [1.54, 1.807) is 24.3 Å². The third kappa shape index (κ3) is 5.55. The number of ether oxygens (including phenoxy) is 1. The normalized spacial score (nSPS) is 11.5. The zero-order chi connectivity index (χ0) is 19.1. The molecule has 0 aromatic heterocycles. The quantitative estimate of drug-likeness (QED) is 0.606. The van der Waals surface area contributed by atoms with Crippen molar-refractivity contribution in [3.8, 4) is 0 Å². The van der Waals surface area contributed by atoms with E-state index in [0.717, 1.165) is 16.8 Å². The van der Waals surface area contributed by atoms with E-state index < -0.39 is 12.1 Å². The number of nitrogens with one attached hydrogen (secondary N) is 1. The van der Waals surface area contributed by atoms with E-state index in [4.69, 9.17) is 4.74 Å². The van der Waals surface area contributed by atoms with Crippen LogP contribution in [0.15, 0.2) is 48.5 Å². The molecule has 0 aliphatic rings. The van der Waals surface area contributed by atoms with Gasteiger partial charge in [-0.1, -0.05) is 42.5 Å². The van der Waals surface area contributed by atoms with Gasteiger partial charge >= 0.3 is 5.97 Å². The van der Waals surface area contributed by atoms with E-state index in [-0.39, 0.29) is 24.5 Å². The zero-order valence-electron chi connectivity index (χ0n) is 15.2. The molecule has 136 valence electrons. The van der Waals surface area contributed by atoms with E-state index >= 15 is 0 Å². The van der Waals surface area contributed by atoms with Crippen molar-refractivity contribution in [3.05, 3.63) is 65.2 Å². The number of aryl methyl sites for hydroxylation is 2. The molecule has 0 radical (unpaired) electrons. The minimum absolute atomic E-state index is 0.00153. The first kappa shape index (κ1) is 19.4. The molecule has 0 heterocycles. The Hall–Kier alpha value is -2.95. The first-order valence-electron chi connectivity index (χ1n) is 8.52. The number of anilines is 1. The van der Waals surface area contributed by atoms with Crippen molar-refractivity contribution in [1.82, 2.24) is 0 Å². The molecule has 0 saturated heterocycles. The number of amides is 1. The molecule has 5 heteroatoms. The fourth-order valence-corrected chi connectivity index (χ4v) is 2.45. The average molecular weight is 353 g/mol. The molecule has 0 spiro atoms. The lowest BCUT2D eigenvalue weighted by molar-refractivity contribution is -0.147. The van der Waals surface area contributed by atoms with Crippen LogP contribution in [0.1, 0.15) is 41.3 Å². The molecule has 26 heavy (non-hydrogen) atoms. The van der Waals surface area contributed by atoms with Gasteiger partial charge in [-0.25, -0.2) is 0 Å². The second kappa shape index (κ2) is 8.94. The van der Waals surface area contributed by atoms with Crippen LogP contribution >= 0.6 is 0 Å². The first-order valence-corrected chi connectivity index (χ1v) is 8.52. The maximum atomic E-state index is 12.2. The first-order chi connectivity index (χ1) is 12.4. The Kier molecular flexibility index (Phi) is 6.67. The highest BCUT2D eigenvalue weighted by Crippen LogP contribution is 2.17. The Balaban J connectivity index is 1.81. The summed E-state index contributed by atoms with van der Waals surface area (Å²) in [6.45, 7) is 5.38. The molecule has 2 rings (SSSR count). The lowest BCUT2D eigenvalue weighted by Gasteiger charge is -2.13. The standard InChI is InChI=1S/C21H23NO4/c1-14-9-10-15(2)18(13-14)22-19(23)11-12-20(24)26-16(3)21(25)17-7-5-4-6-8-17/h4-10,13,16H,11-12H2,1-3H3,(H,22,23)/t16-/m1/s1. The minimum Gasteiger partial charge on any atom is -0.454 e. The van der Waals surface area contributed by atoms with Crippen LogP contribution in [-0.4, -0.2) is 23.8 Å². The number of esters is 1. The van der Waals surface area contributed by atoms with Crippen molar-refractivity contribution >= 4 is 23.3 Å². The van der Waals surface area contributed by atoms with E-state index in [0.29, 0.717) is 5.56 Å². The molecule has 0 bridgehead atoms. The Morgan fingerprint density at radius 3 is 2.38 bits per heavy atom. The Morgan fingerprint density at radius 2 is 1.69 bits per heavy atom. The van der Waals surface area contributed by atoms with E-state index in [2.05, 4.69) is 5.32 Å². The van der Waals surface area contributed by atoms with Crippen molar-refractivity contribution in [1.29, 1.82) is 0 Å². The van der Waals surface area contributed by atoms with Crippen molar-refractivity contribution < 1.29 is 19.1 Å². The van der Waals surface area contributed by atoms with Crippen LogP contribution in [0.25, 0.3) is 0 Å². The number of rotatable bonds is 7. The molecule has 5 nitrogen and oxygen atoms in total. The molecule has 2 aromatic rings. The molecular formula is C21H23NO4. The van der Waals surface area contributed by atoms with Crippen LogP contribution in [0.5, 0.6) is 0 Å². The van der Waals surface area contributed by atoms with Crippen LogP contribution in [0, 0.1) is 13.8 Å². The highest BCUT2D eigenvalue weighted by Gasteiger charge is 2.19. The highest BCUT2D eigenvalue weighted by molar-refractivity contribution is 6.00. The summed E-state index contributed by atoms with van der Waals surface area (Å²) in [4.78, 5) is 36.1. The van der Waals surface area contributed by atoms with Crippen molar-refractivity contribution in [3.63, 3.8) is 0 Å². The lowest BCUT2D eigenvalue weighted by atomic mass is 10.1. The van der Waals surface area contributed by atoms with Crippen LogP contribution in [0.2, 0.25) is 0 Å². The lowest BCUT2D eigenvalue weighted by Crippen LogP contribution is -2.25. The molecule has 1 atom stereocenters. The molecule has 0 unspecified atom stereocenters. The number of ketones is 1. The summed E-state index contributed by atoms with van der Waals surface area (Å²) >= 11 is 0. The second-order valence-corrected chi connectivity index (χ2v) is 6.23. The molecule has 0 aliphatic heterocycles. The van der Waals surface area contributed by atoms with E-state index in [1.165, 1.54) is 6.92 Å². The Labute approximate surface area is 153 Å². The summed E-state index contributed by atoms with van der Waals surface area (Å²) in [5, 5.41) is 2.79. The van der Waals surface area contributed by atoms with Gasteiger partial charge in [0.2, 0.25) is 11.7 Å². The van der Waals surface area contributed by atoms with Crippen LogP contribution in [-0.2, 0) is 14.3 Å². The van der Waals surface area contributed by atoms with Gasteiger partial charge < -0.3 is 10.1 Å². The molecule has 0 saturated carbocycles. The smallest absolute Gasteiger partial charge is 0.307 e. The van der Waals surface area contributed by atoms with E-state index in [1.807, 2.05) is 38.1 Å². The van der Waals surface area contributed by atoms with Gasteiger partial charge in [-0.15, -0.1) is 0 Å². The largest absolute Gasteiger partial charge is 0.454 e.